The van der Waals surface area contributed by atoms with Gasteiger partial charge in [-0.05, 0) is 68.3 Å². The molecule has 0 atom stereocenters. The molecule has 0 aliphatic carbocycles. The normalized spacial score (nSPS) is 10.4. The minimum Gasteiger partial charge on any atom is -0.462 e. The molecule has 1 N–H and O–H groups in total. The predicted octanol–water partition coefficient (Wildman–Crippen LogP) is 4.71. The van der Waals surface area contributed by atoms with Gasteiger partial charge in [0, 0.05) is 5.69 Å². The summed E-state index contributed by atoms with van der Waals surface area (Å²) in [5, 5.41) is 14.6. The monoisotopic (exact) mass is 408 g/mol. The molecule has 9 nitrogen and oxygen atoms in total. The average molecular weight is 408 g/mol. The van der Waals surface area contributed by atoms with Gasteiger partial charge in [-0.1, -0.05) is 6.07 Å². The number of hydrogen-bond acceptors (Lipinski definition) is 8. The lowest BCUT2D eigenvalue weighted by Gasteiger charge is -2.10. The van der Waals surface area contributed by atoms with E-state index < -0.39 is 16.6 Å². The quantitative estimate of drug-likeness (QED) is 0.339. The van der Waals surface area contributed by atoms with E-state index in [0.717, 1.165) is 11.1 Å². The van der Waals surface area contributed by atoms with E-state index in [4.69, 9.17) is 9.47 Å². The number of aromatic nitrogens is 2. The Morgan fingerprint density at radius 3 is 2.37 bits per heavy atom. The predicted molar refractivity (Wildman–Crippen MR) is 110 cm³/mol. The molecule has 0 radical (unpaired) electrons. The van der Waals surface area contributed by atoms with Crippen molar-refractivity contribution < 1.29 is 19.2 Å². The first-order chi connectivity index (χ1) is 14.4. The number of benzene rings is 2. The summed E-state index contributed by atoms with van der Waals surface area (Å²) < 4.78 is 10.6. The highest BCUT2D eigenvalue weighted by atomic mass is 16.6. The Bertz CT molecular complexity index is 1060. The van der Waals surface area contributed by atoms with Crippen LogP contribution in [0.1, 0.15) is 28.4 Å². The number of hydrogen-bond donors (Lipinski definition) is 1. The zero-order valence-electron chi connectivity index (χ0n) is 16.7. The van der Waals surface area contributed by atoms with Crippen LogP contribution in [0.4, 0.5) is 17.2 Å². The van der Waals surface area contributed by atoms with Crippen molar-refractivity contribution in [1.82, 2.24) is 9.97 Å². The molecule has 0 fully saturated rings. The second kappa shape index (κ2) is 8.99. The van der Waals surface area contributed by atoms with E-state index >= 15 is 0 Å². The van der Waals surface area contributed by atoms with Gasteiger partial charge in [-0.25, -0.2) is 9.78 Å². The highest BCUT2D eigenvalue weighted by Crippen LogP contribution is 2.35. The third-order valence-corrected chi connectivity index (χ3v) is 4.04. The maximum Gasteiger partial charge on any atom is 0.373 e. The Morgan fingerprint density at radius 1 is 1.10 bits per heavy atom. The first-order valence-electron chi connectivity index (χ1n) is 9.17. The topological polar surface area (TPSA) is 116 Å². The van der Waals surface area contributed by atoms with Gasteiger partial charge in [-0.15, -0.1) is 0 Å². The van der Waals surface area contributed by atoms with E-state index in [2.05, 4.69) is 15.3 Å². The SMILES string of the molecule is CCOC(=O)c1ccc(Nc2ncnc(Oc3cc(C)cc(C)c3)c2[N+](=O)[O-])cc1. The fourth-order valence-corrected chi connectivity index (χ4v) is 2.84. The number of nitro groups is 1. The van der Waals surface area contributed by atoms with Gasteiger partial charge in [0.05, 0.1) is 17.1 Å². The van der Waals surface area contributed by atoms with E-state index in [0.29, 0.717) is 17.0 Å². The van der Waals surface area contributed by atoms with Crippen molar-refractivity contribution in [2.24, 2.45) is 0 Å². The van der Waals surface area contributed by atoms with Crippen LogP contribution in [0.15, 0.2) is 48.8 Å². The van der Waals surface area contributed by atoms with Crippen LogP contribution in [0.25, 0.3) is 0 Å². The van der Waals surface area contributed by atoms with Crippen LogP contribution in [0.2, 0.25) is 0 Å². The van der Waals surface area contributed by atoms with Crippen molar-refractivity contribution in [1.29, 1.82) is 0 Å². The van der Waals surface area contributed by atoms with Crippen LogP contribution in [0, 0.1) is 24.0 Å². The summed E-state index contributed by atoms with van der Waals surface area (Å²) in [6, 6.07) is 11.8. The lowest BCUT2D eigenvalue weighted by molar-refractivity contribution is -0.385. The largest absolute Gasteiger partial charge is 0.462 e. The van der Waals surface area contributed by atoms with Crippen LogP contribution in [-0.4, -0.2) is 27.5 Å². The molecule has 2 aromatic carbocycles. The van der Waals surface area contributed by atoms with E-state index in [-0.39, 0.29) is 18.3 Å². The summed E-state index contributed by atoms with van der Waals surface area (Å²) in [5.41, 5.74) is 2.40. The van der Waals surface area contributed by atoms with E-state index in [1.807, 2.05) is 19.9 Å². The van der Waals surface area contributed by atoms with E-state index in [1.165, 1.54) is 6.33 Å². The van der Waals surface area contributed by atoms with Crippen LogP contribution in [-0.2, 0) is 4.74 Å². The van der Waals surface area contributed by atoms with Crippen molar-refractivity contribution in [3.8, 4) is 11.6 Å². The Hall–Kier alpha value is -4.01. The van der Waals surface area contributed by atoms with Crippen molar-refractivity contribution >= 4 is 23.2 Å². The molecule has 0 saturated heterocycles. The molecule has 0 aliphatic heterocycles. The second-order valence-corrected chi connectivity index (χ2v) is 6.48. The zero-order chi connectivity index (χ0) is 21.7. The summed E-state index contributed by atoms with van der Waals surface area (Å²) in [7, 11) is 0. The molecule has 3 aromatic rings. The fourth-order valence-electron chi connectivity index (χ4n) is 2.84. The lowest BCUT2D eigenvalue weighted by atomic mass is 10.1. The molecular formula is C21H20N4O5. The summed E-state index contributed by atoms with van der Waals surface area (Å²) in [6.45, 7) is 5.80. The Morgan fingerprint density at radius 2 is 1.77 bits per heavy atom. The van der Waals surface area contributed by atoms with E-state index in [9.17, 15) is 14.9 Å². The molecule has 3 rings (SSSR count). The minimum atomic E-state index is -0.604. The first kappa shape index (κ1) is 20.7. The minimum absolute atomic E-state index is 0.0294. The third-order valence-electron chi connectivity index (χ3n) is 4.04. The summed E-state index contributed by atoms with van der Waals surface area (Å²) in [6.07, 6.45) is 1.18. The number of ether oxygens (including phenoxy) is 2. The van der Waals surface area contributed by atoms with Gasteiger partial charge in [-0.3, -0.25) is 10.1 Å². The second-order valence-electron chi connectivity index (χ2n) is 6.48. The molecule has 154 valence electrons. The first-order valence-corrected chi connectivity index (χ1v) is 9.17. The standard InChI is InChI=1S/C21H20N4O5/c1-4-29-21(26)15-5-7-16(8-6-15)24-19-18(25(27)28)20(23-12-22-19)30-17-10-13(2)9-14(3)11-17/h5-12H,4H2,1-3H3,(H,22,23,24). The number of esters is 1. The Kier molecular flexibility index (Phi) is 6.21. The van der Waals surface area contributed by atoms with Crippen molar-refractivity contribution in [2.75, 3.05) is 11.9 Å². The van der Waals surface area contributed by atoms with Crippen LogP contribution >= 0.6 is 0 Å². The maximum atomic E-state index is 11.8. The molecule has 0 bridgehead atoms. The highest BCUT2D eigenvalue weighted by Gasteiger charge is 2.25. The lowest BCUT2D eigenvalue weighted by Crippen LogP contribution is -2.05. The average Bonchev–Trinajstić information content (AvgIpc) is 2.68. The van der Waals surface area contributed by atoms with Gasteiger partial charge in [0.2, 0.25) is 5.82 Å². The Labute approximate surface area is 172 Å². The molecule has 0 amide bonds. The molecule has 1 aromatic heterocycles. The van der Waals surface area contributed by atoms with Crippen LogP contribution in [0.5, 0.6) is 11.6 Å². The van der Waals surface area contributed by atoms with Crippen molar-refractivity contribution in [2.45, 2.75) is 20.8 Å². The molecule has 0 aliphatic rings. The fraction of sp³-hybridized carbons (Fsp3) is 0.190. The number of anilines is 2. The van der Waals surface area contributed by atoms with Gasteiger partial charge >= 0.3 is 17.5 Å². The van der Waals surface area contributed by atoms with Crippen molar-refractivity contribution in [3.63, 3.8) is 0 Å². The molecular weight excluding hydrogens is 388 g/mol. The zero-order valence-corrected chi connectivity index (χ0v) is 16.7. The van der Waals surface area contributed by atoms with Gasteiger partial charge in [0.1, 0.15) is 12.1 Å². The number of carbonyl (C=O) groups excluding carboxylic acids is 1. The molecule has 0 saturated carbocycles. The van der Waals surface area contributed by atoms with E-state index in [1.54, 1.807) is 43.3 Å². The molecule has 0 unspecified atom stereocenters. The maximum absolute atomic E-state index is 11.8. The summed E-state index contributed by atoms with van der Waals surface area (Å²) in [5.74, 6) is -0.204. The highest BCUT2D eigenvalue weighted by molar-refractivity contribution is 5.90. The number of rotatable bonds is 7. The molecule has 1 heterocycles. The Balaban J connectivity index is 1.89. The van der Waals surface area contributed by atoms with Crippen LogP contribution in [0.3, 0.4) is 0 Å². The summed E-state index contributed by atoms with van der Waals surface area (Å²) in [4.78, 5) is 30.8. The number of carbonyl (C=O) groups is 1. The molecule has 0 spiro atoms. The van der Waals surface area contributed by atoms with Crippen LogP contribution < -0.4 is 10.1 Å². The summed E-state index contributed by atoms with van der Waals surface area (Å²) >= 11 is 0. The number of nitrogens with zero attached hydrogens (tertiary/aromatic N) is 3. The number of nitrogens with one attached hydrogen (secondary N) is 1. The van der Waals surface area contributed by atoms with Gasteiger partial charge in [-0.2, -0.15) is 4.98 Å². The van der Waals surface area contributed by atoms with Gasteiger partial charge in [0.15, 0.2) is 0 Å². The molecule has 30 heavy (non-hydrogen) atoms. The van der Waals surface area contributed by atoms with Gasteiger partial charge < -0.3 is 14.8 Å². The number of aryl methyl sites for hydroxylation is 2. The third kappa shape index (κ3) is 4.88. The smallest absolute Gasteiger partial charge is 0.373 e. The molecule has 9 heteroatoms. The van der Waals surface area contributed by atoms with Gasteiger partial charge in [0.25, 0.3) is 0 Å². The van der Waals surface area contributed by atoms with Crippen molar-refractivity contribution in [3.05, 3.63) is 75.6 Å².